The first-order valence-corrected chi connectivity index (χ1v) is 6.04. The van der Waals surface area contributed by atoms with E-state index in [1.807, 2.05) is 19.9 Å². The minimum absolute atomic E-state index is 0.162. The second kappa shape index (κ2) is 3.73. The summed E-state index contributed by atoms with van der Waals surface area (Å²) in [4.78, 5) is 12.0. The second-order valence-corrected chi connectivity index (χ2v) is 5.58. The van der Waals surface area contributed by atoms with Crippen molar-refractivity contribution in [2.75, 3.05) is 0 Å². The van der Waals surface area contributed by atoms with Crippen molar-refractivity contribution in [1.82, 2.24) is 0 Å². The molecule has 16 heavy (non-hydrogen) atoms. The Balaban J connectivity index is 2.53. The highest BCUT2D eigenvalue weighted by molar-refractivity contribution is 6.06. The summed E-state index contributed by atoms with van der Waals surface area (Å²) in [7, 11) is 0. The molecule has 0 aliphatic heterocycles. The molecule has 2 atom stereocenters. The summed E-state index contributed by atoms with van der Waals surface area (Å²) in [5, 5.41) is 0. The van der Waals surface area contributed by atoms with Crippen LogP contribution in [0.5, 0.6) is 0 Å². The molecule has 0 saturated heterocycles. The topological polar surface area (TPSA) is 17.1 Å². The van der Waals surface area contributed by atoms with E-state index < -0.39 is 0 Å². The van der Waals surface area contributed by atoms with Crippen LogP contribution < -0.4 is 0 Å². The average molecular weight is 216 g/mol. The molecule has 1 nitrogen and oxygen atoms in total. The van der Waals surface area contributed by atoms with E-state index in [2.05, 4.69) is 26.0 Å². The van der Waals surface area contributed by atoms with Crippen LogP contribution in [0.15, 0.2) is 34.9 Å². The molecule has 0 aromatic carbocycles. The van der Waals surface area contributed by atoms with Crippen molar-refractivity contribution >= 4 is 5.78 Å². The lowest BCUT2D eigenvalue weighted by atomic mass is 9.61. The van der Waals surface area contributed by atoms with Gasteiger partial charge < -0.3 is 0 Å². The quantitative estimate of drug-likeness (QED) is 0.562. The van der Waals surface area contributed by atoms with Crippen molar-refractivity contribution in [3.63, 3.8) is 0 Å². The number of carbonyl (C=O) groups is 1. The van der Waals surface area contributed by atoms with E-state index in [0.717, 1.165) is 18.4 Å². The van der Waals surface area contributed by atoms with Crippen molar-refractivity contribution < 1.29 is 4.79 Å². The fourth-order valence-corrected chi connectivity index (χ4v) is 2.73. The number of carbonyl (C=O) groups excluding carboxylic acids is 1. The van der Waals surface area contributed by atoms with E-state index in [0.29, 0.717) is 5.92 Å². The smallest absolute Gasteiger partial charge is 0.182 e. The first-order valence-electron chi connectivity index (χ1n) is 6.04. The third-order valence-corrected chi connectivity index (χ3v) is 4.27. The zero-order valence-electron chi connectivity index (χ0n) is 10.6. The van der Waals surface area contributed by atoms with Crippen LogP contribution in [0, 0.1) is 11.3 Å². The maximum absolute atomic E-state index is 12.0. The van der Waals surface area contributed by atoms with Gasteiger partial charge in [0.2, 0.25) is 0 Å². The molecule has 0 fully saturated rings. The van der Waals surface area contributed by atoms with Crippen molar-refractivity contribution in [3.8, 4) is 0 Å². The molecule has 0 amide bonds. The van der Waals surface area contributed by atoms with Crippen LogP contribution in [0.25, 0.3) is 0 Å². The lowest BCUT2D eigenvalue weighted by Crippen LogP contribution is -2.34. The van der Waals surface area contributed by atoms with Crippen LogP contribution in [0.2, 0.25) is 0 Å². The van der Waals surface area contributed by atoms with Crippen LogP contribution in [0.3, 0.4) is 0 Å². The monoisotopic (exact) mass is 216 g/mol. The minimum Gasteiger partial charge on any atom is -0.290 e. The fraction of sp³-hybridized carbons (Fsp3) is 0.533. The van der Waals surface area contributed by atoms with E-state index in [1.165, 1.54) is 11.1 Å². The number of hydrogen-bond donors (Lipinski definition) is 0. The Hall–Kier alpha value is -1.11. The van der Waals surface area contributed by atoms with Crippen LogP contribution in [0.4, 0.5) is 0 Å². The van der Waals surface area contributed by atoms with Crippen LogP contribution >= 0.6 is 0 Å². The van der Waals surface area contributed by atoms with Gasteiger partial charge in [-0.2, -0.15) is 0 Å². The van der Waals surface area contributed by atoms with Crippen molar-refractivity contribution in [2.24, 2.45) is 11.3 Å². The van der Waals surface area contributed by atoms with Crippen molar-refractivity contribution in [3.05, 3.63) is 34.9 Å². The van der Waals surface area contributed by atoms with E-state index in [-0.39, 0.29) is 11.2 Å². The van der Waals surface area contributed by atoms with E-state index >= 15 is 0 Å². The Kier molecular flexibility index (Phi) is 2.65. The Morgan fingerprint density at radius 2 is 2.12 bits per heavy atom. The molecule has 0 saturated carbocycles. The predicted octanol–water partition coefficient (Wildman–Crippen LogP) is 3.82. The normalized spacial score (nSPS) is 33.5. The molecule has 0 aromatic heterocycles. The highest BCUT2D eigenvalue weighted by atomic mass is 16.1. The summed E-state index contributed by atoms with van der Waals surface area (Å²) in [5.74, 6) is 0.831. The SMILES string of the molecule is CC(C)=C1C[C@]2(C)C(=CC1=O)C=CC[C@H]2C. The summed E-state index contributed by atoms with van der Waals surface area (Å²) in [6.07, 6.45) is 8.21. The molecular formula is C15H20O. The number of allylic oxidation sites excluding steroid dienone is 6. The van der Waals surface area contributed by atoms with E-state index in [9.17, 15) is 4.79 Å². The number of rotatable bonds is 0. The molecule has 2 aliphatic rings. The van der Waals surface area contributed by atoms with Gasteiger partial charge in [0.05, 0.1) is 0 Å². The number of hydrogen-bond acceptors (Lipinski definition) is 1. The molecule has 0 aromatic rings. The largest absolute Gasteiger partial charge is 0.290 e. The molecule has 2 aliphatic carbocycles. The Morgan fingerprint density at radius 1 is 1.44 bits per heavy atom. The number of ketones is 1. The van der Waals surface area contributed by atoms with Gasteiger partial charge in [0.25, 0.3) is 0 Å². The molecule has 0 N–H and O–H groups in total. The third kappa shape index (κ3) is 1.59. The molecule has 2 rings (SSSR count). The van der Waals surface area contributed by atoms with E-state index in [1.54, 1.807) is 0 Å². The fourth-order valence-electron chi connectivity index (χ4n) is 2.73. The average Bonchev–Trinajstić information content (AvgIpc) is 2.20. The summed E-state index contributed by atoms with van der Waals surface area (Å²) >= 11 is 0. The zero-order chi connectivity index (χ0) is 11.9. The first-order chi connectivity index (χ1) is 7.45. The standard InChI is InChI=1S/C15H20O/c1-10(2)13-9-15(4)11(3)6-5-7-12(15)8-14(13)16/h5,7-8,11H,6,9H2,1-4H3/t11-,15+/m1/s1. The Morgan fingerprint density at radius 3 is 2.75 bits per heavy atom. The predicted molar refractivity (Wildman–Crippen MR) is 67.1 cm³/mol. The van der Waals surface area contributed by atoms with Crippen molar-refractivity contribution in [2.45, 2.75) is 40.5 Å². The molecule has 0 spiro atoms. The zero-order valence-corrected chi connectivity index (χ0v) is 10.6. The van der Waals surface area contributed by atoms with Gasteiger partial charge in [0.1, 0.15) is 0 Å². The maximum atomic E-state index is 12.0. The second-order valence-electron chi connectivity index (χ2n) is 5.58. The molecule has 86 valence electrons. The highest BCUT2D eigenvalue weighted by Crippen LogP contribution is 2.49. The first kappa shape index (κ1) is 11.4. The lowest BCUT2D eigenvalue weighted by Gasteiger charge is -2.42. The summed E-state index contributed by atoms with van der Waals surface area (Å²) < 4.78 is 0. The van der Waals surface area contributed by atoms with Crippen LogP contribution in [-0.4, -0.2) is 5.78 Å². The minimum atomic E-state index is 0.162. The molecule has 1 heteroatoms. The van der Waals surface area contributed by atoms with Gasteiger partial charge in [0, 0.05) is 0 Å². The molecule has 0 bridgehead atoms. The van der Waals surface area contributed by atoms with Crippen LogP contribution in [-0.2, 0) is 4.79 Å². The van der Waals surface area contributed by atoms with Gasteiger partial charge in [0.15, 0.2) is 5.78 Å². The van der Waals surface area contributed by atoms with Gasteiger partial charge >= 0.3 is 0 Å². The van der Waals surface area contributed by atoms with Gasteiger partial charge in [-0.15, -0.1) is 0 Å². The molecule has 0 radical (unpaired) electrons. The van der Waals surface area contributed by atoms with Crippen molar-refractivity contribution in [1.29, 1.82) is 0 Å². The van der Waals surface area contributed by atoms with E-state index in [4.69, 9.17) is 0 Å². The van der Waals surface area contributed by atoms with Gasteiger partial charge in [-0.1, -0.05) is 31.6 Å². The molecule has 0 heterocycles. The summed E-state index contributed by atoms with van der Waals surface area (Å²) in [5.41, 5.74) is 3.58. The molecular weight excluding hydrogens is 196 g/mol. The van der Waals surface area contributed by atoms with Gasteiger partial charge in [-0.3, -0.25) is 4.79 Å². The highest BCUT2D eigenvalue weighted by Gasteiger charge is 2.40. The Labute approximate surface area is 97.9 Å². The maximum Gasteiger partial charge on any atom is 0.182 e. The van der Waals surface area contributed by atoms with Gasteiger partial charge in [-0.25, -0.2) is 0 Å². The third-order valence-electron chi connectivity index (χ3n) is 4.27. The van der Waals surface area contributed by atoms with Gasteiger partial charge in [-0.05, 0) is 55.2 Å². The molecule has 0 unspecified atom stereocenters. The number of fused-ring (bicyclic) bond motifs is 1. The van der Waals surface area contributed by atoms with Crippen LogP contribution in [0.1, 0.15) is 40.5 Å². The Bertz CT molecular complexity index is 419. The summed E-state index contributed by atoms with van der Waals surface area (Å²) in [6, 6.07) is 0. The lowest BCUT2D eigenvalue weighted by molar-refractivity contribution is -0.112. The summed E-state index contributed by atoms with van der Waals surface area (Å²) in [6.45, 7) is 8.66.